The van der Waals surface area contributed by atoms with Crippen LogP contribution in [0.25, 0.3) is 76.8 Å². The molecule has 1 aliphatic carbocycles. The van der Waals surface area contributed by atoms with Crippen molar-refractivity contribution in [3.05, 3.63) is 223 Å². The van der Waals surface area contributed by atoms with Crippen LogP contribution in [0, 0.1) is 0 Å². The molecule has 0 unspecified atom stereocenters. The van der Waals surface area contributed by atoms with Crippen molar-refractivity contribution in [2.24, 2.45) is 0 Å². The normalized spacial score (nSPS) is 12.8. The van der Waals surface area contributed by atoms with Crippen LogP contribution in [-0.4, -0.2) is 0 Å². The number of anilines is 3. The van der Waals surface area contributed by atoms with E-state index in [0.29, 0.717) is 0 Å². The van der Waals surface area contributed by atoms with Crippen LogP contribution >= 0.6 is 0 Å². The molecule has 10 aromatic rings. The predicted molar refractivity (Wildman–Crippen MR) is 248 cm³/mol. The van der Waals surface area contributed by atoms with Gasteiger partial charge in [0.15, 0.2) is 0 Å². The second kappa shape index (κ2) is 13.5. The molecule has 0 bridgehead atoms. The fourth-order valence-corrected chi connectivity index (χ4v) is 9.55. The van der Waals surface area contributed by atoms with E-state index in [4.69, 9.17) is 0 Å². The van der Waals surface area contributed by atoms with Gasteiger partial charge in [0.05, 0.1) is 0 Å². The maximum atomic E-state index is 2.43. The summed E-state index contributed by atoms with van der Waals surface area (Å²) in [5.74, 6) is 0. The van der Waals surface area contributed by atoms with Gasteiger partial charge >= 0.3 is 0 Å². The Hall–Kier alpha value is -7.22. The van der Waals surface area contributed by atoms with Crippen LogP contribution in [-0.2, 0) is 5.41 Å². The third-order valence-corrected chi connectivity index (χ3v) is 12.4. The Balaban J connectivity index is 1.09. The number of hydrogen-bond donors (Lipinski definition) is 0. The number of fused-ring (bicyclic) bond motifs is 7. The van der Waals surface area contributed by atoms with E-state index in [1.54, 1.807) is 0 Å². The summed E-state index contributed by atoms with van der Waals surface area (Å²) in [6, 6.07) is 78.3. The van der Waals surface area contributed by atoms with E-state index in [9.17, 15) is 0 Å². The van der Waals surface area contributed by atoms with Crippen molar-refractivity contribution in [3.8, 4) is 44.5 Å². The summed E-state index contributed by atoms with van der Waals surface area (Å²) in [6.45, 7) is 4.71. The lowest BCUT2D eigenvalue weighted by molar-refractivity contribution is 0.660. The van der Waals surface area contributed by atoms with E-state index < -0.39 is 0 Å². The van der Waals surface area contributed by atoms with E-state index in [1.807, 2.05) is 0 Å². The third-order valence-electron chi connectivity index (χ3n) is 12.4. The Kier molecular flexibility index (Phi) is 7.91. The third kappa shape index (κ3) is 5.54. The first-order valence-corrected chi connectivity index (χ1v) is 20.3. The molecule has 0 N–H and O–H groups in total. The molecule has 0 aromatic heterocycles. The zero-order chi connectivity index (χ0) is 38.8. The van der Waals surface area contributed by atoms with E-state index in [-0.39, 0.29) is 5.41 Å². The van der Waals surface area contributed by atoms with Crippen LogP contribution in [0.1, 0.15) is 25.0 Å². The molecule has 58 heavy (non-hydrogen) atoms. The first-order chi connectivity index (χ1) is 28.5. The van der Waals surface area contributed by atoms with Crippen LogP contribution in [0.3, 0.4) is 0 Å². The molecule has 0 heterocycles. The van der Waals surface area contributed by atoms with Gasteiger partial charge in [-0.2, -0.15) is 0 Å². The van der Waals surface area contributed by atoms with E-state index in [0.717, 1.165) is 17.1 Å². The zero-order valence-corrected chi connectivity index (χ0v) is 32.7. The molecular formula is C57H41N. The van der Waals surface area contributed by atoms with E-state index in [1.165, 1.54) is 88.0 Å². The highest BCUT2D eigenvalue weighted by Gasteiger charge is 2.36. The molecule has 0 saturated heterocycles. The SMILES string of the molecule is CC1(C)c2ccccc2-c2c(-c3cccc(N(c4cccc(-c5ccc6ccccc6c5)c4)c4cccc(-c5cccc6c5ccc5ccccc56)c4)c3)cccc21. The number of benzene rings is 10. The fourth-order valence-electron chi connectivity index (χ4n) is 9.55. The maximum absolute atomic E-state index is 2.43. The minimum Gasteiger partial charge on any atom is -0.310 e. The zero-order valence-electron chi connectivity index (χ0n) is 32.7. The van der Waals surface area contributed by atoms with Crippen LogP contribution in [0.4, 0.5) is 17.1 Å². The van der Waals surface area contributed by atoms with E-state index in [2.05, 4.69) is 231 Å². The van der Waals surface area contributed by atoms with Crippen molar-refractivity contribution >= 4 is 49.4 Å². The van der Waals surface area contributed by atoms with E-state index >= 15 is 0 Å². The minimum atomic E-state index is -0.0663. The highest BCUT2D eigenvalue weighted by molar-refractivity contribution is 6.12. The maximum Gasteiger partial charge on any atom is 0.0467 e. The molecule has 0 saturated carbocycles. The lowest BCUT2D eigenvalue weighted by Crippen LogP contribution is -2.14. The Bertz CT molecular complexity index is 3220. The van der Waals surface area contributed by atoms with Gasteiger partial charge in [-0.25, -0.2) is 0 Å². The van der Waals surface area contributed by atoms with Gasteiger partial charge in [0, 0.05) is 22.5 Å². The molecule has 0 amide bonds. The number of nitrogens with zero attached hydrogens (tertiary/aromatic N) is 1. The molecule has 1 aliphatic rings. The minimum absolute atomic E-state index is 0.0663. The standard InChI is InChI=1S/C57H41N/c1-57(2)54-28-8-7-24-53(54)56-50(26-13-29-55(56)57)44-19-11-22-47(37-44)58(45-20-9-17-41(35-45)42-31-30-38-14-3-4-16-40(38)34-42)46-21-10-18-43(36-46)49-25-12-27-51-48-23-6-5-15-39(48)32-33-52(49)51/h3-37H,1-2H3. The molecule has 0 fully saturated rings. The van der Waals surface area contributed by atoms with Crippen LogP contribution in [0.15, 0.2) is 212 Å². The highest BCUT2D eigenvalue weighted by atomic mass is 15.1. The van der Waals surface area contributed by atoms with Crippen LogP contribution in [0.2, 0.25) is 0 Å². The van der Waals surface area contributed by atoms with Gasteiger partial charge in [-0.05, 0) is 130 Å². The van der Waals surface area contributed by atoms with Crippen molar-refractivity contribution in [1.82, 2.24) is 0 Å². The number of rotatable bonds is 6. The second-order valence-corrected chi connectivity index (χ2v) is 16.1. The quantitative estimate of drug-likeness (QED) is 0.154. The monoisotopic (exact) mass is 739 g/mol. The fraction of sp³-hybridized carbons (Fsp3) is 0.0526. The molecule has 0 spiro atoms. The Morgan fingerprint density at radius 1 is 0.310 bits per heavy atom. The predicted octanol–water partition coefficient (Wildman–Crippen LogP) is 15.9. The topological polar surface area (TPSA) is 3.24 Å². The van der Waals surface area contributed by atoms with Gasteiger partial charge in [-0.15, -0.1) is 0 Å². The summed E-state index contributed by atoms with van der Waals surface area (Å²) in [4.78, 5) is 2.43. The van der Waals surface area contributed by atoms with Crippen molar-refractivity contribution in [2.75, 3.05) is 4.90 Å². The van der Waals surface area contributed by atoms with Gasteiger partial charge in [0.1, 0.15) is 0 Å². The molecule has 10 aromatic carbocycles. The highest BCUT2D eigenvalue weighted by Crippen LogP contribution is 2.52. The summed E-state index contributed by atoms with van der Waals surface area (Å²) in [5.41, 5.74) is 16.0. The first-order valence-electron chi connectivity index (χ1n) is 20.3. The summed E-state index contributed by atoms with van der Waals surface area (Å²) in [7, 11) is 0. The molecule has 0 aliphatic heterocycles. The largest absolute Gasteiger partial charge is 0.310 e. The van der Waals surface area contributed by atoms with Gasteiger partial charge < -0.3 is 4.90 Å². The molecule has 11 rings (SSSR count). The Morgan fingerprint density at radius 3 is 1.62 bits per heavy atom. The smallest absolute Gasteiger partial charge is 0.0467 e. The molecule has 274 valence electrons. The molecular weight excluding hydrogens is 699 g/mol. The average Bonchev–Trinajstić information content (AvgIpc) is 3.52. The summed E-state index contributed by atoms with van der Waals surface area (Å²) >= 11 is 0. The Morgan fingerprint density at radius 2 is 0.828 bits per heavy atom. The molecule has 1 nitrogen and oxygen atoms in total. The van der Waals surface area contributed by atoms with Crippen LogP contribution in [0.5, 0.6) is 0 Å². The van der Waals surface area contributed by atoms with Crippen molar-refractivity contribution < 1.29 is 0 Å². The Labute approximate surface area is 340 Å². The molecule has 0 radical (unpaired) electrons. The number of hydrogen-bond acceptors (Lipinski definition) is 1. The van der Waals surface area contributed by atoms with Gasteiger partial charge in [0.25, 0.3) is 0 Å². The lowest BCUT2D eigenvalue weighted by atomic mass is 9.82. The molecule has 0 atom stereocenters. The van der Waals surface area contributed by atoms with Gasteiger partial charge in [0.2, 0.25) is 0 Å². The van der Waals surface area contributed by atoms with Crippen molar-refractivity contribution in [2.45, 2.75) is 19.3 Å². The summed E-state index contributed by atoms with van der Waals surface area (Å²) in [5, 5.41) is 7.55. The summed E-state index contributed by atoms with van der Waals surface area (Å²) < 4.78 is 0. The first kappa shape index (κ1) is 34.1. The lowest BCUT2D eigenvalue weighted by Gasteiger charge is -2.27. The van der Waals surface area contributed by atoms with Crippen LogP contribution < -0.4 is 4.90 Å². The summed E-state index contributed by atoms with van der Waals surface area (Å²) in [6.07, 6.45) is 0. The van der Waals surface area contributed by atoms with Gasteiger partial charge in [-0.3, -0.25) is 0 Å². The van der Waals surface area contributed by atoms with Crippen molar-refractivity contribution in [3.63, 3.8) is 0 Å². The van der Waals surface area contributed by atoms with Gasteiger partial charge in [-0.1, -0.05) is 184 Å². The second-order valence-electron chi connectivity index (χ2n) is 16.1. The molecule has 1 heteroatoms. The average molecular weight is 740 g/mol. The van der Waals surface area contributed by atoms with Crippen molar-refractivity contribution in [1.29, 1.82) is 0 Å².